The molecule has 0 aromatic carbocycles. The number of rotatable bonds is 0. The Hall–Kier alpha value is 0.964. The Morgan fingerprint density at radius 3 is 1.80 bits per heavy atom. The van der Waals surface area contributed by atoms with Gasteiger partial charge in [0, 0.05) is 21.7 Å². The van der Waals surface area contributed by atoms with Crippen molar-refractivity contribution in [3.05, 3.63) is 0 Å². The van der Waals surface area contributed by atoms with Gasteiger partial charge in [-0.3, -0.25) is 0 Å². The van der Waals surface area contributed by atoms with Crippen molar-refractivity contribution in [2.24, 2.45) is 0 Å². The zero-order chi connectivity index (χ0) is 3.58. The first-order valence-corrected chi connectivity index (χ1v) is 1.49. The number of alkyl halides is 1. The van der Waals surface area contributed by atoms with Crippen LogP contribution in [0, 0.1) is 0 Å². The van der Waals surface area contributed by atoms with Crippen molar-refractivity contribution in [3.8, 4) is 0 Å². The van der Waals surface area contributed by atoms with Gasteiger partial charge >= 0.3 is 0 Å². The normalized spacial score (nSPS) is 12.6. The van der Waals surface area contributed by atoms with Gasteiger partial charge in [0.05, 0.1) is 0 Å². The van der Waals surface area contributed by atoms with Crippen LogP contribution in [0.4, 0.5) is 0 Å². The minimum atomic E-state index is -0.694. The van der Waals surface area contributed by atoms with Gasteiger partial charge in [-0.05, 0) is 6.92 Å². The molecular formula is C2H5ClOTi. The fourth-order valence-electron chi connectivity index (χ4n) is 0. The maximum atomic E-state index is 7.82. The summed E-state index contributed by atoms with van der Waals surface area (Å²) in [6.45, 7) is 1.49. The molecule has 3 heteroatoms. The van der Waals surface area contributed by atoms with E-state index in [9.17, 15) is 0 Å². The van der Waals surface area contributed by atoms with Crippen molar-refractivity contribution >= 4 is 11.6 Å². The number of halogens is 1. The third-order valence-electron chi connectivity index (χ3n) is 0. The summed E-state index contributed by atoms with van der Waals surface area (Å²) in [5.74, 6) is 0. The Bertz CT molecular complexity index is 14.4. The molecule has 0 amide bonds. The van der Waals surface area contributed by atoms with Crippen LogP contribution in [0.3, 0.4) is 0 Å². The maximum absolute atomic E-state index is 7.82. The van der Waals surface area contributed by atoms with Crippen LogP contribution in [0.15, 0.2) is 0 Å². The Labute approximate surface area is 51.2 Å². The van der Waals surface area contributed by atoms with Gasteiger partial charge in [-0.25, -0.2) is 0 Å². The molecule has 0 aromatic heterocycles. The second-order valence-electron chi connectivity index (χ2n) is 0.574. The first-order valence-electron chi connectivity index (χ1n) is 1.05. The Balaban J connectivity index is 0. The number of aliphatic hydroxyl groups is 1. The van der Waals surface area contributed by atoms with Crippen molar-refractivity contribution in [3.63, 3.8) is 0 Å². The molecule has 0 fully saturated rings. The van der Waals surface area contributed by atoms with Gasteiger partial charge in [-0.1, -0.05) is 11.6 Å². The molecule has 1 unspecified atom stereocenters. The van der Waals surface area contributed by atoms with Crippen LogP contribution >= 0.6 is 11.6 Å². The molecule has 0 saturated heterocycles. The summed E-state index contributed by atoms with van der Waals surface area (Å²) in [5.41, 5.74) is -0.694. The van der Waals surface area contributed by atoms with Crippen molar-refractivity contribution < 1.29 is 26.8 Å². The molecule has 0 heterocycles. The average Bonchev–Trinajstić information content (AvgIpc) is 0.811. The summed E-state index contributed by atoms with van der Waals surface area (Å²) in [7, 11) is 0. The van der Waals surface area contributed by atoms with E-state index in [1.807, 2.05) is 0 Å². The van der Waals surface area contributed by atoms with E-state index < -0.39 is 5.56 Å². The molecule has 0 bridgehead atoms. The van der Waals surface area contributed by atoms with Gasteiger partial charge in [-0.2, -0.15) is 0 Å². The molecule has 0 aromatic rings. The molecule has 1 atom stereocenters. The Kier molecular flexibility index (Phi) is 9.29. The largest absolute Gasteiger partial charge is 0.378 e. The summed E-state index contributed by atoms with van der Waals surface area (Å²) < 4.78 is 0. The first-order chi connectivity index (χ1) is 1.73. The minimum Gasteiger partial charge on any atom is -0.378 e. The van der Waals surface area contributed by atoms with Crippen LogP contribution < -0.4 is 0 Å². The quantitative estimate of drug-likeness (QED) is 0.373. The van der Waals surface area contributed by atoms with Crippen molar-refractivity contribution in [2.75, 3.05) is 0 Å². The zero-order valence-corrected chi connectivity index (χ0v) is 5.22. The van der Waals surface area contributed by atoms with E-state index >= 15 is 0 Å². The SMILES string of the molecule is CC(O)Cl.[Ti]. The fourth-order valence-corrected chi connectivity index (χ4v) is 0. The average molecular weight is 128 g/mol. The number of aliphatic hydroxyl groups excluding tert-OH is 1. The predicted octanol–water partition coefficient (Wildman–Crippen LogP) is 0.561. The zero-order valence-electron chi connectivity index (χ0n) is 2.90. The molecule has 0 saturated carbocycles. The smallest absolute Gasteiger partial charge is 0.125 e. The van der Waals surface area contributed by atoms with Gasteiger partial charge in [0.2, 0.25) is 0 Å². The molecule has 5 heavy (non-hydrogen) atoms. The van der Waals surface area contributed by atoms with Gasteiger partial charge < -0.3 is 5.11 Å². The fraction of sp³-hybridized carbons (Fsp3) is 1.00. The first kappa shape index (κ1) is 9.35. The maximum Gasteiger partial charge on any atom is 0.125 e. The number of hydrogen-bond donors (Lipinski definition) is 1. The van der Waals surface area contributed by atoms with Crippen LogP contribution in [0.1, 0.15) is 6.92 Å². The van der Waals surface area contributed by atoms with Crippen LogP contribution in [0.25, 0.3) is 0 Å². The third-order valence-corrected chi connectivity index (χ3v) is 0. The summed E-state index contributed by atoms with van der Waals surface area (Å²) in [6, 6.07) is 0. The van der Waals surface area contributed by atoms with Gasteiger partial charge in [0.25, 0.3) is 0 Å². The molecule has 0 radical (unpaired) electrons. The molecule has 0 aliphatic rings. The predicted molar refractivity (Wildman–Crippen MR) is 17.5 cm³/mol. The summed E-state index contributed by atoms with van der Waals surface area (Å²) in [5, 5.41) is 7.82. The van der Waals surface area contributed by atoms with E-state index in [1.54, 1.807) is 0 Å². The molecule has 0 aliphatic carbocycles. The molecule has 0 rings (SSSR count). The third kappa shape index (κ3) is 46.9. The van der Waals surface area contributed by atoms with Crippen molar-refractivity contribution in [2.45, 2.75) is 12.5 Å². The molecular weight excluding hydrogens is 123 g/mol. The van der Waals surface area contributed by atoms with Crippen LogP contribution in [0.2, 0.25) is 0 Å². The molecule has 30 valence electrons. The minimum absolute atomic E-state index is 0. The molecule has 1 nitrogen and oxygen atoms in total. The van der Waals surface area contributed by atoms with Gasteiger partial charge in [0.1, 0.15) is 5.56 Å². The molecule has 1 N–H and O–H groups in total. The van der Waals surface area contributed by atoms with Crippen LogP contribution in [-0.4, -0.2) is 10.7 Å². The van der Waals surface area contributed by atoms with E-state index in [0.717, 1.165) is 0 Å². The van der Waals surface area contributed by atoms with Gasteiger partial charge in [0.15, 0.2) is 0 Å². The molecule has 0 aliphatic heterocycles. The van der Waals surface area contributed by atoms with E-state index in [2.05, 4.69) is 0 Å². The van der Waals surface area contributed by atoms with Crippen molar-refractivity contribution in [1.82, 2.24) is 0 Å². The Morgan fingerprint density at radius 2 is 1.80 bits per heavy atom. The standard InChI is InChI=1S/C2H5ClO.Ti/c1-2(3)4;/h2,4H,1H3;. The second kappa shape index (κ2) is 4.96. The topological polar surface area (TPSA) is 20.2 Å². The summed E-state index contributed by atoms with van der Waals surface area (Å²) in [4.78, 5) is 0. The monoisotopic (exact) mass is 128 g/mol. The van der Waals surface area contributed by atoms with E-state index in [1.165, 1.54) is 6.92 Å². The van der Waals surface area contributed by atoms with E-state index in [4.69, 9.17) is 16.7 Å². The van der Waals surface area contributed by atoms with Crippen LogP contribution in [-0.2, 0) is 21.7 Å². The van der Waals surface area contributed by atoms with Crippen LogP contribution in [0.5, 0.6) is 0 Å². The Morgan fingerprint density at radius 1 is 1.80 bits per heavy atom. The van der Waals surface area contributed by atoms with E-state index in [-0.39, 0.29) is 21.7 Å². The summed E-state index contributed by atoms with van der Waals surface area (Å²) >= 11 is 4.83. The van der Waals surface area contributed by atoms with E-state index in [0.29, 0.717) is 0 Å². The molecule has 0 spiro atoms. The van der Waals surface area contributed by atoms with Crippen molar-refractivity contribution in [1.29, 1.82) is 0 Å². The van der Waals surface area contributed by atoms with Gasteiger partial charge in [-0.15, -0.1) is 0 Å². The second-order valence-corrected chi connectivity index (χ2v) is 1.21. The number of hydrogen-bond acceptors (Lipinski definition) is 1. The summed E-state index contributed by atoms with van der Waals surface area (Å²) in [6.07, 6.45) is 0.